The first-order valence-electron chi connectivity index (χ1n) is 13.1. The Hall–Kier alpha value is -4.49. The lowest BCUT2D eigenvalue weighted by atomic mass is 9.83. The predicted molar refractivity (Wildman–Crippen MR) is 157 cm³/mol. The molecule has 1 fully saturated rings. The number of carbonyl (C=O) groups is 1. The fraction of sp³-hybridized carbons (Fsp3) is 0.242. The van der Waals surface area contributed by atoms with Crippen LogP contribution >= 0.6 is 0 Å². The van der Waals surface area contributed by atoms with Gasteiger partial charge in [-0.3, -0.25) is 0 Å². The Bertz CT molecular complexity index is 1430. The number of rotatable bonds is 11. The molecule has 7 nitrogen and oxygen atoms in total. The summed E-state index contributed by atoms with van der Waals surface area (Å²) in [5.74, 6) is 0.678. The van der Waals surface area contributed by atoms with E-state index in [2.05, 4.69) is 44.0 Å². The van der Waals surface area contributed by atoms with Crippen LogP contribution in [0.3, 0.4) is 0 Å². The van der Waals surface area contributed by atoms with Crippen molar-refractivity contribution in [3.05, 3.63) is 133 Å². The molecular weight excluding hydrogens is 502 g/mol. The van der Waals surface area contributed by atoms with E-state index in [9.17, 15) is 4.79 Å². The summed E-state index contributed by atoms with van der Waals surface area (Å²) in [6.07, 6.45) is 7.55. The van der Waals surface area contributed by atoms with Gasteiger partial charge in [-0.1, -0.05) is 92.0 Å². The van der Waals surface area contributed by atoms with Gasteiger partial charge in [-0.2, -0.15) is 0 Å². The third-order valence-electron chi connectivity index (χ3n) is 7.06. The van der Waals surface area contributed by atoms with Crippen molar-refractivity contribution >= 4 is 11.6 Å². The van der Waals surface area contributed by atoms with Crippen LogP contribution < -0.4 is 4.74 Å². The van der Waals surface area contributed by atoms with E-state index in [4.69, 9.17) is 24.3 Å². The van der Waals surface area contributed by atoms with E-state index in [-0.39, 0.29) is 5.41 Å². The predicted octanol–water partition coefficient (Wildman–Crippen LogP) is 6.45. The van der Waals surface area contributed by atoms with E-state index in [1.807, 2.05) is 42.5 Å². The summed E-state index contributed by atoms with van der Waals surface area (Å²) in [7, 11) is 2.92. The third kappa shape index (κ3) is 5.60. The summed E-state index contributed by atoms with van der Waals surface area (Å²) in [6, 6.07) is 23.8. The lowest BCUT2D eigenvalue weighted by Gasteiger charge is -2.35. The molecule has 0 atom stereocenters. The van der Waals surface area contributed by atoms with Gasteiger partial charge >= 0.3 is 5.97 Å². The highest BCUT2D eigenvalue weighted by Crippen LogP contribution is 2.50. The van der Waals surface area contributed by atoms with Gasteiger partial charge in [0.15, 0.2) is 22.9 Å². The van der Waals surface area contributed by atoms with Crippen molar-refractivity contribution in [2.24, 2.45) is 0 Å². The summed E-state index contributed by atoms with van der Waals surface area (Å²) in [4.78, 5) is 17.2. The number of fused-ring (bicyclic) bond motifs is 1. The largest absolute Gasteiger partial charge is 0.493 e. The first-order valence-corrected chi connectivity index (χ1v) is 13.1. The van der Waals surface area contributed by atoms with Gasteiger partial charge in [-0.25, -0.2) is 14.3 Å². The standard InChI is InChI=1S/C29H29N3O4.C4H6/c1-4-17-29(21-11-7-5-8-12-21,22-13-9-6-10-14-22)36-20-28(18-19-28)27-30-25-24(34-2)16-15-23(26(33)35-3)32(25)31-27;1-3-4-2/h4-16H,1,17-20H2,2-3H3;3-4H,1-2H2. The van der Waals surface area contributed by atoms with Crippen molar-refractivity contribution in [1.29, 1.82) is 0 Å². The Morgan fingerprint density at radius 2 is 1.55 bits per heavy atom. The number of ether oxygens (including phenoxy) is 3. The van der Waals surface area contributed by atoms with Gasteiger partial charge in [0, 0.05) is 6.42 Å². The highest BCUT2D eigenvalue weighted by Gasteiger charge is 2.50. The molecule has 206 valence electrons. The summed E-state index contributed by atoms with van der Waals surface area (Å²) in [5, 5.41) is 4.74. The third-order valence-corrected chi connectivity index (χ3v) is 7.06. The zero-order valence-corrected chi connectivity index (χ0v) is 23.1. The summed E-state index contributed by atoms with van der Waals surface area (Å²) < 4.78 is 18.8. The first-order chi connectivity index (χ1) is 19.5. The number of esters is 1. The van der Waals surface area contributed by atoms with E-state index < -0.39 is 11.6 Å². The molecule has 5 rings (SSSR count). The second-order valence-corrected chi connectivity index (χ2v) is 9.54. The molecule has 0 aliphatic heterocycles. The molecule has 0 bridgehead atoms. The van der Waals surface area contributed by atoms with Crippen molar-refractivity contribution in [3.8, 4) is 5.75 Å². The van der Waals surface area contributed by atoms with Crippen molar-refractivity contribution < 1.29 is 19.0 Å². The minimum atomic E-state index is -0.701. The molecule has 0 spiro atoms. The molecule has 4 aromatic rings. The van der Waals surface area contributed by atoms with Crippen molar-refractivity contribution in [2.45, 2.75) is 30.3 Å². The molecule has 2 heterocycles. The van der Waals surface area contributed by atoms with Gasteiger partial charge in [0.25, 0.3) is 0 Å². The maximum Gasteiger partial charge on any atom is 0.356 e. The van der Waals surface area contributed by atoms with Crippen molar-refractivity contribution in [3.63, 3.8) is 0 Å². The number of allylic oxidation sites excluding steroid dienone is 2. The highest BCUT2D eigenvalue weighted by molar-refractivity contribution is 5.88. The molecule has 0 N–H and O–H groups in total. The minimum absolute atomic E-state index is 0.290. The minimum Gasteiger partial charge on any atom is -0.493 e. The number of nitrogens with zero attached hydrogens (tertiary/aromatic N) is 3. The lowest BCUT2D eigenvalue weighted by Crippen LogP contribution is -2.34. The number of methoxy groups -OCH3 is 2. The van der Waals surface area contributed by atoms with Gasteiger partial charge in [0.2, 0.25) is 0 Å². The van der Waals surface area contributed by atoms with Crippen LogP contribution in [0.5, 0.6) is 5.75 Å². The monoisotopic (exact) mass is 537 g/mol. The zero-order valence-electron chi connectivity index (χ0n) is 23.1. The van der Waals surface area contributed by atoms with Crippen LogP contribution in [0.4, 0.5) is 0 Å². The van der Waals surface area contributed by atoms with Crippen LogP contribution in [-0.2, 0) is 20.5 Å². The number of pyridine rings is 1. The van der Waals surface area contributed by atoms with Gasteiger partial charge in [0.05, 0.1) is 26.2 Å². The van der Waals surface area contributed by atoms with Gasteiger partial charge < -0.3 is 14.2 Å². The van der Waals surface area contributed by atoms with Gasteiger partial charge in [0.1, 0.15) is 5.60 Å². The van der Waals surface area contributed by atoms with Gasteiger partial charge in [-0.05, 0) is 36.1 Å². The Labute approximate surface area is 235 Å². The van der Waals surface area contributed by atoms with Crippen LogP contribution in [0.2, 0.25) is 0 Å². The van der Waals surface area contributed by atoms with Crippen LogP contribution in [-0.4, -0.2) is 41.4 Å². The molecule has 0 amide bonds. The zero-order chi connectivity index (χ0) is 28.6. The van der Waals surface area contributed by atoms with E-state index in [1.54, 1.807) is 31.4 Å². The second-order valence-electron chi connectivity index (χ2n) is 9.54. The number of hydrogen-bond acceptors (Lipinski definition) is 6. The molecule has 2 aromatic heterocycles. The van der Waals surface area contributed by atoms with Crippen molar-refractivity contribution in [1.82, 2.24) is 14.6 Å². The molecule has 1 aliphatic rings. The molecule has 0 saturated heterocycles. The lowest BCUT2D eigenvalue weighted by molar-refractivity contribution is -0.0290. The summed E-state index contributed by atoms with van der Waals surface area (Å²) in [6.45, 7) is 11.2. The number of carbonyl (C=O) groups excluding carboxylic acids is 1. The fourth-order valence-corrected chi connectivity index (χ4v) is 4.67. The second kappa shape index (κ2) is 12.6. The van der Waals surface area contributed by atoms with E-state index in [0.717, 1.165) is 24.0 Å². The van der Waals surface area contributed by atoms with Crippen LogP contribution in [0.25, 0.3) is 5.65 Å². The quantitative estimate of drug-likeness (QED) is 0.124. The molecular formula is C33H35N3O4. The smallest absolute Gasteiger partial charge is 0.356 e. The Morgan fingerprint density at radius 3 is 2.02 bits per heavy atom. The van der Waals surface area contributed by atoms with Crippen molar-refractivity contribution in [2.75, 3.05) is 20.8 Å². The molecule has 1 aliphatic carbocycles. The topological polar surface area (TPSA) is 75.0 Å². The first kappa shape index (κ1) is 28.5. The fourth-order valence-electron chi connectivity index (χ4n) is 4.67. The van der Waals surface area contributed by atoms with E-state index in [1.165, 1.54) is 11.6 Å². The number of benzene rings is 2. The Kier molecular flexibility index (Phi) is 8.97. The van der Waals surface area contributed by atoms with E-state index >= 15 is 0 Å². The number of aromatic nitrogens is 3. The summed E-state index contributed by atoms with van der Waals surface area (Å²) in [5.41, 5.74) is 1.83. The van der Waals surface area contributed by atoms with Crippen LogP contribution in [0.15, 0.2) is 111 Å². The van der Waals surface area contributed by atoms with Crippen LogP contribution in [0.1, 0.15) is 46.7 Å². The Morgan fingerprint density at radius 1 is 0.950 bits per heavy atom. The molecule has 0 unspecified atom stereocenters. The molecule has 1 saturated carbocycles. The Balaban J connectivity index is 0.000000867. The highest BCUT2D eigenvalue weighted by atomic mass is 16.5. The number of hydrogen-bond donors (Lipinski definition) is 0. The normalized spacial score (nSPS) is 13.4. The molecule has 7 heteroatoms. The SMILES string of the molecule is C=CC=C.C=CCC(OCC1(c2nc3c(OC)ccc(C(=O)OC)n3n2)CC1)(c1ccccc1)c1ccccc1. The molecule has 40 heavy (non-hydrogen) atoms. The average molecular weight is 538 g/mol. The van der Waals surface area contributed by atoms with Gasteiger partial charge in [-0.15, -0.1) is 11.7 Å². The molecule has 2 aromatic carbocycles. The van der Waals surface area contributed by atoms with Crippen LogP contribution in [0, 0.1) is 0 Å². The summed E-state index contributed by atoms with van der Waals surface area (Å²) >= 11 is 0. The maximum atomic E-state index is 12.4. The maximum absolute atomic E-state index is 12.4. The molecule has 0 radical (unpaired) electrons. The average Bonchev–Trinajstić information content (AvgIpc) is 3.67. The van der Waals surface area contributed by atoms with E-state index in [0.29, 0.717) is 35.9 Å².